The van der Waals surface area contributed by atoms with Crippen LogP contribution in [0.1, 0.15) is 38.5 Å². The van der Waals surface area contributed by atoms with E-state index in [9.17, 15) is 17.2 Å². The first-order valence-electron chi connectivity index (χ1n) is 7.62. The second kappa shape index (κ2) is 6.70. The van der Waals surface area contributed by atoms with Crippen LogP contribution in [0.15, 0.2) is 3.77 Å². The predicted molar refractivity (Wildman–Crippen MR) is 83.6 cm³/mol. The molecule has 9 heteroatoms. The van der Waals surface area contributed by atoms with Crippen molar-refractivity contribution in [2.24, 2.45) is 15.6 Å². The molecule has 0 heterocycles. The lowest BCUT2D eigenvalue weighted by Crippen LogP contribution is -2.49. The summed E-state index contributed by atoms with van der Waals surface area (Å²) in [5.74, 6) is 0.296. The van der Waals surface area contributed by atoms with Gasteiger partial charge in [0, 0.05) is 12.3 Å². The van der Waals surface area contributed by atoms with Crippen LogP contribution in [0.4, 0.5) is 4.53 Å². The maximum absolute atomic E-state index is 12.5. The molecule has 2 rings (SSSR count). The zero-order chi connectivity index (χ0) is 16.5. The van der Waals surface area contributed by atoms with Crippen LogP contribution in [0, 0.1) is 11.8 Å². The van der Waals surface area contributed by atoms with Crippen molar-refractivity contribution in [2.75, 3.05) is 20.4 Å². The number of halogens is 1. The lowest BCUT2D eigenvalue weighted by atomic mass is 9.68. The van der Waals surface area contributed by atoms with Gasteiger partial charge in [0.2, 0.25) is 10.0 Å². The molecular weight excluding hydrogens is 331 g/mol. The Morgan fingerprint density at radius 2 is 1.64 bits per heavy atom. The van der Waals surface area contributed by atoms with Gasteiger partial charge in [-0.25, -0.2) is 12.6 Å². The molecule has 2 fully saturated rings. The molecule has 0 radical (unpaired) electrons. The maximum Gasteiger partial charge on any atom is 0.265 e. The number of fused-ring (bicyclic) bond motifs is 1. The van der Waals surface area contributed by atoms with E-state index in [2.05, 4.69) is 13.1 Å². The number of hydrogen-bond acceptors (Lipinski definition) is 5. The molecule has 0 aromatic rings. The van der Waals surface area contributed by atoms with E-state index in [0.29, 0.717) is 18.4 Å². The van der Waals surface area contributed by atoms with Crippen LogP contribution < -0.4 is 0 Å². The topological polar surface area (TPSA) is 76.0 Å². The van der Waals surface area contributed by atoms with E-state index >= 15 is 0 Å². The van der Waals surface area contributed by atoms with Crippen LogP contribution in [0.2, 0.25) is 0 Å². The Morgan fingerprint density at radius 3 is 2.23 bits per heavy atom. The Kier molecular flexibility index (Phi) is 5.51. The van der Waals surface area contributed by atoms with Gasteiger partial charge in [-0.1, -0.05) is 21.0 Å². The summed E-state index contributed by atoms with van der Waals surface area (Å²) in [6.07, 6.45) is 6.01. The Labute approximate surface area is 132 Å². The minimum Gasteiger partial charge on any atom is -0.306 e. The van der Waals surface area contributed by atoms with E-state index in [-0.39, 0.29) is 5.92 Å². The van der Waals surface area contributed by atoms with Crippen LogP contribution in [0.3, 0.4) is 0 Å². The molecule has 6 nitrogen and oxygen atoms in total. The minimum atomic E-state index is -4.01. The van der Waals surface area contributed by atoms with E-state index < -0.39 is 25.3 Å². The van der Waals surface area contributed by atoms with Crippen molar-refractivity contribution in [3.8, 4) is 0 Å². The number of nitrogens with zero attached hydrogens (tertiary/aromatic N) is 2. The summed E-state index contributed by atoms with van der Waals surface area (Å²) in [6.45, 7) is 0. The van der Waals surface area contributed by atoms with Crippen LogP contribution in [-0.4, -0.2) is 49.2 Å². The average Bonchev–Trinajstić information content (AvgIpc) is 2.44. The number of rotatable bonds is 4. The SMILES string of the molecule is CN(C)C1CCCC2C1CCCC2S(=O)(=O)N=S(C)(=O)OF. The molecule has 5 unspecified atom stereocenters. The summed E-state index contributed by atoms with van der Waals surface area (Å²) in [7, 11) is -3.75. The lowest BCUT2D eigenvalue weighted by Gasteiger charge is -2.46. The summed E-state index contributed by atoms with van der Waals surface area (Å²) in [5.41, 5.74) is 0. The molecule has 0 spiro atoms. The highest BCUT2D eigenvalue weighted by atomic mass is 32.3. The Balaban J connectivity index is 2.32. The largest absolute Gasteiger partial charge is 0.306 e. The van der Waals surface area contributed by atoms with Crippen molar-refractivity contribution in [3.05, 3.63) is 0 Å². The van der Waals surface area contributed by atoms with E-state index in [1.807, 2.05) is 14.1 Å². The fourth-order valence-electron chi connectivity index (χ4n) is 4.18. The molecule has 0 aromatic carbocycles. The zero-order valence-electron chi connectivity index (χ0n) is 13.3. The zero-order valence-corrected chi connectivity index (χ0v) is 14.9. The third-order valence-corrected chi connectivity index (χ3v) is 8.49. The second-order valence-corrected chi connectivity index (χ2v) is 10.5. The standard InChI is InChI=1S/C13H25FN2O4S2/c1-16(2)12-8-4-7-11-10(12)6-5-9-13(11)22(18,19)15-21(3,17)20-14/h10-13H,4-9H2,1-3H3. The van der Waals surface area contributed by atoms with Crippen LogP contribution in [-0.2, 0) is 24.4 Å². The van der Waals surface area contributed by atoms with Crippen molar-refractivity contribution < 1.29 is 21.5 Å². The van der Waals surface area contributed by atoms with Gasteiger partial charge in [0.05, 0.1) is 5.25 Å². The van der Waals surface area contributed by atoms with Gasteiger partial charge in [0.25, 0.3) is 10.0 Å². The first-order chi connectivity index (χ1) is 10.2. The van der Waals surface area contributed by atoms with Crippen molar-refractivity contribution in [3.63, 3.8) is 0 Å². The molecule has 0 N–H and O–H groups in total. The van der Waals surface area contributed by atoms with Gasteiger partial charge in [0.15, 0.2) is 0 Å². The molecule has 0 aliphatic heterocycles. The molecule has 0 aromatic heterocycles. The van der Waals surface area contributed by atoms with Crippen molar-refractivity contribution >= 4 is 20.0 Å². The first-order valence-corrected chi connectivity index (χ1v) is 11.0. The minimum absolute atomic E-state index is 0.00142. The number of sulfonamides is 1. The van der Waals surface area contributed by atoms with Crippen LogP contribution in [0.25, 0.3) is 0 Å². The van der Waals surface area contributed by atoms with Gasteiger partial charge in [-0.15, -0.1) is 0 Å². The summed E-state index contributed by atoms with van der Waals surface area (Å²) in [4.78, 5) is 2.16. The van der Waals surface area contributed by atoms with Crippen molar-refractivity contribution in [1.82, 2.24) is 4.90 Å². The molecule has 0 bridgehead atoms. The maximum atomic E-state index is 12.5. The molecule has 22 heavy (non-hydrogen) atoms. The first kappa shape index (κ1) is 18.1. The monoisotopic (exact) mass is 356 g/mol. The van der Waals surface area contributed by atoms with E-state index in [0.717, 1.165) is 38.4 Å². The Hall–Kier alpha value is -0.250. The summed E-state index contributed by atoms with van der Waals surface area (Å²) in [6, 6.07) is 0.361. The Morgan fingerprint density at radius 1 is 1.05 bits per heavy atom. The Bertz CT molecular complexity index is 614. The van der Waals surface area contributed by atoms with Gasteiger partial charge >= 0.3 is 0 Å². The molecule has 0 amide bonds. The second-order valence-electron chi connectivity index (χ2n) is 6.64. The summed E-state index contributed by atoms with van der Waals surface area (Å²) >= 11 is 0. The highest BCUT2D eigenvalue weighted by Crippen LogP contribution is 2.45. The third kappa shape index (κ3) is 3.80. The highest BCUT2D eigenvalue weighted by Gasteiger charge is 2.46. The molecule has 2 aliphatic carbocycles. The van der Waals surface area contributed by atoms with Crippen LogP contribution >= 0.6 is 0 Å². The van der Waals surface area contributed by atoms with Gasteiger partial charge in [0.1, 0.15) is 0 Å². The molecule has 2 saturated carbocycles. The molecule has 0 saturated heterocycles. The predicted octanol–water partition coefficient (Wildman–Crippen LogP) is 2.13. The van der Waals surface area contributed by atoms with E-state index in [1.165, 1.54) is 0 Å². The average molecular weight is 356 g/mol. The van der Waals surface area contributed by atoms with E-state index in [1.54, 1.807) is 0 Å². The van der Waals surface area contributed by atoms with Crippen molar-refractivity contribution in [2.45, 2.75) is 49.8 Å². The molecular formula is C13H25FN2O4S2. The van der Waals surface area contributed by atoms with Gasteiger partial charge in [-0.3, -0.25) is 0 Å². The lowest BCUT2D eigenvalue weighted by molar-refractivity contribution is 0.0106. The summed E-state index contributed by atoms with van der Waals surface area (Å²) in [5, 5.41) is -0.676. The normalized spacial score (nSPS) is 35.7. The quantitative estimate of drug-likeness (QED) is 0.771. The van der Waals surface area contributed by atoms with Crippen molar-refractivity contribution in [1.29, 1.82) is 0 Å². The van der Waals surface area contributed by atoms with Crippen LogP contribution in [0.5, 0.6) is 0 Å². The highest BCUT2D eigenvalue weighted by molar-refractivity contribution is 8.00. The number of hydrogen-bond donors (Lipinski definition) is 0. The summed E-state index contributed by atoms with van der Waals surface area (Å²) < 4.78 is 55.3. The van der Waals surface area contributed by atoms with Gasteiger partial charge < -0.3 is 4.90 Å². The molecule has 130 valence electrons. The molecule has 5 atom stereocenters. The van der Waals surface area contributed by atoms with Gasteiger partial charge in [-0.05, 0) is 56.1 Å². The smallest absolute Gasteiger partial charge is 0.265 e. The molecule has 2 aliphatic rings. The fraction of sp³-hybridized carbons (Fsp3) is 1.00. The van der Waals surface area contributed by atoms with E-state index in [4.69, 9.17) is 0 Å². The fourth-order valence-corrected chi connectivity index (χ4v) is 7.47. The third-order valence-electron chi connectivity index (χ3n) is 4.99. The van der Waals surface area contributed by atoms with Gasteiger partial charge in [-0.2, -0.15) is 0 Å².